The number of aromatic nitrogens is 1. The molecule has 0 radical (unpaired) electrons. The molecule has 0 spiro atoms. The third-order valence-corrected chi connectivity index (χ3v) is 5.42. The van der Waals surface area contributed by atoms with Crippen LogP contribution in [0.5, 0.6) is 5.75 Å². The van der Waals surface area contributed by atoms with Gasteiger partial charge in [0.1, 0.15) is 17.2 Å². The van der Waals surface area contributed by atoms with Gasteiger partial charge in [-0.2, -0.15) is 0 Å². The Bertz CT molecular complexity index is 1070. The number of hydrogen-bond donors (Lipinski definition) is 3. The maximum atomic E-state index is 12.6. The fraction of sp³-hybridized carbons (Fsp3) is 0.381. The number of halogens is 1. The Morgan fingerprint density at radius 2 is 1.87 bits per heavy atom. The summed E-state index contributed by atoms with van der Waals surface area (Å²) in [5.74, 6) is -0.575. The van der Waals surface area contributed by atoms with Crippen LogP contribution in [0.1, 0.15) is 41.9 Å². The number of sulfonamides is 1. The molecule has 0 aliphatic heterocycles. The van der Waals surface area contributed by atoms with Crippen molar-refractivity contribution in [2.45, 2.75) is 38.6 Å². The second-order valence-electron chi connectivity index (χ2n) is 7.97. The van der Waals surface area contributed by atoms with E-state index in [1.807, 2.05) is 0 Å². The molecule has 0 aliphatic carbocycles. The van der Waals surface area contributed by atoms with Gasteiger partial charge in [0.25, 0.3) is 5.91 Å². The minimum Gasteiger partial charge on any atom is -0.508 e. The molecule has 2 aromatic rings. The zero-order valence-electron chi connectivity index (χ0n) is 17.6. The van der Waals surface area contributed by atoms with Gasteiger partial charge in [0.2, 0.25) is 10.0 Å². The molecule has 10 heteroatoms. The molecule has 1 amide bonds. The number of phenols is 1. The zero-order valence-corrected chi connectivity index (χ0v) is 19.2. The maximum Gasteiger partial charge on any atom is 0.270 e. The van der Waals surface area contributed by atoms with Crippen LogP contribution in [-0.2, 0) is 27.7 Å². The number of pyridine rings is 1. The first-order valence-electron chi connectivity index (χ1n) is 9.56. The Morgan fingerprint density at radius 3 is 2.55 bits per heavy atom. The van der Waals surface area contributed by atoms with E-state index in [0.29, 0.717) is 22.6 Å². The highest BCUT2D eigenvalue weighted by atomic mass is 35.5. The molecule has 0 aliphatic rings. The van der Waals surface area contributed by atoms with Crippen LogP contribution < -0.4 is 10.0 Å². The van der Waals surface area contributed by atoms with E-state index in [1.54, 1.807) is 26.0 Å². The van der Waals surface area contributed by atoms with Crippen LogP contribution in [0.2, 0.25) is 5.02 Å². The SMILES string of the molecule is CC(C)(CCNS(C)(=O)=O)NC(=O)c1cc(CC(=O)Cc2cc(Cl)ccc2O)ccn1. The molecular weight excluding hydrogens is 442 g/mol. The molecule has 0 fully saturated rings. The molecule has 0 saturated carbocycles. The van der Waals surface area contributed by atoms with Crippen molar-refractivity contribution < 1.29 is 23.1 Å². The molecule has 0 atom stereocenters. The molecule has 168 valence electrons. The van der Waals surface area contributed by atoms with Gasteiger partial charge < -0.3 is 10.4 Å². The lowest BCUT2D eigenvalue weighted by atomic mass is 10.00. The molecule has 1 aromatic heterocycles. The average Bonchev–Trinajstić information content (AvgIpc) is 2.63. The molecule has 1 aromatic carbocycles. The van der Waals surface area contributed by atoms with Crippen molar-refractivity contribution in [1.29, 1.82) is 0 Å². The third-order valence-electron chi connectivity index (χ3n) is 4.45. The fourth-order valence-corrected chi connectivity index (χ4v) is 3.56. The zero-order chi connectivity index (χ0) is 23.2. The van der Waals surface area contributed by atoms with E-state index in [-0.39, 0.29) is 36.6 Å². The number of nitrogens with one attached hydrogen (secondary N) is 2. The number of Topliss-reactive ketones (excluding diaryl/α,β-unsaturated/α-hetero) is 1. The number of hydrogen-bond acceptors (Lipinski definition) is 6. The Hall–Kier alpha value is -2.49. The first-order valence-corrected chi connectivity index (χ1v) is 11.8. The normalized spacial score (nSPS) is 11.9. The second kappa shape index (κ2) is 10.2. The largest absolute Gasteiger partial charge is 0.508 e. The van der Waals surface area contributed by atoms with Gasteiger partial charge in [-0.1, -0.05) is 11.6 Å². The quantitative estimate of drug-likeness (QED) is 0.492. The number of amides is 1. The predicted molar refractivity (Wildman–Crippen MR) is 119 cm³/mol. The molecule has 8 nitrogen and oxygen atoms in total. The summed E-state index contributed by atoms with van der Waals surface area (Å²) in [5.41, 5.74) is 0.532. The van der Waals surface area contributed by atoms with E-state index >= 15 is 0 Å². The lowest BCUT2D eigenvalue weighted by molar-refractivity contribution is -0.117. The van der Waals surface area contributed by atoms with Crippen LogP contribution in [-0.4, -0.2) is 48.5 Å². The average molecular weight is 468 g/mol. The smallest absolute Gasteiger partial charge is 0.270 e. The Morgan fingerprint density at radius 1 is 1.16 bits per heavy atom. The van der Waals surface area contributed by atoms with Crippen molar-refractivity contribution in [3.05, 3.63) is 58.4 Å². The van der Waals surface area contributed by atoms with Gasteiger partial charge in [-0.25, -0.2) is 13.1 Å². The number of carbonyl (C=O) groups is 2. The van der Waals surface area contributed by atoms with E-state index in [9.17, 15) is 23.1 Å². The first kappa shape index (κ1) is 24.8. The van der Waals surface area contributed by atoms with Gasteiger partial charge in [0, 0.05) is 41.7 Å². The van der Waals surface area contributed by atoms with E-state index in [2.05, 4.69) is 15.0 Å². The Balaban J connectivity index is 1.99. The van der Waals surface area contributed by atoms with Gasteiger partial charge in [0.05, 0.1) is 6.26 Å². The number of rotatable bonds is 10. The summed E-state index contributed by atoms with van der Waals surface area (Å²) < 4.78 is 24.8. The summed E-state index contributed by atoms with van der Waals surface area (Å²) >= 11 is 5.91. The van der Waals surface area contributed by atoms with Crippen LogP contribution in [0.3, 0.4) is 0 Å². The van der Waals surface area contributed by atoms with Crippen molar-refractivity contribution in [3.63, 3.8) is 0 Å². The predicted octanol–water partition coefficient (Wildman–Crippen LogP) is 2.24. The molecule has 1 heterocycles. The standard InChI is InChI=1S/C21H26ClN3O5S/c1-21(2,7-9-24-31(3,29)30)25-20(28)18-11-14(6-8-23-18)10-17(26)13-15-12-16(22)4-5-19(15)27/h4-6,8,11-12,24,27H,7,9-10,13H2,1-3H3,(H,25,28). The molecule has 2 rings (SSSR count). The van der Waals surface area contributed by atoms with Crippen LogP contribution in [0, 0.1) is 0 Å². The number of aromatic hydroxyl groups is 1. The fourth-order valence-electron chi connectivity index (χ4n) is 2.89. The summed E-state index contributed by atoms with van der Waals surface area (Å²) in [4.78, 5) is 29.1. The first-order chi connectivity index (χ1) is 14.3. The van der Waals surface area contributed by atoms with Gasteiger partial charge in [-0.3, -0.25) is 14.6 Å². The van der Waals surface area contributed by atoms with Crippen molar-refractivity contribution in [2.24, 2.45) is 0 Å². The summed E-state index contributed by atoms with van der Waals surface area (Å²) in [6.07, 6.45) is 2.98. The Labute approximate surface area is 187 Å². The summed E-state index contributed by atoms with van der Waals surface area (Å²) in [6, 6.07) is 7.70. The third kappa shape index (κ3) is 8.64. The minimum absolute atomic E-state index is 0.000129. The number of nitrogens with zero attached hydrogens (tertiary/aromatic N) is 1. The van der Waals surface area contributed by atoms with Crippen LogP contribution in [0.25, 0.3) is 0 Å². The van der Waals surface area contributed by atoms with Crippen LogP contribution >= 0.6 is 11.6 Å². The summed E-state index contributed by atoms with van der Waals surface area (Å²) in [5, 5.41) is 13.1. The highest BCUT2D eigenvalue weighted by Gasteiger charge is 2.22. The monoisotopic (exact) mass is 467 g/mol. The molecule has 0 unspecified atom stereocenters. The maximum absolute atomic E-state index is 12.6. The van der Waals surface area contributed by atoms with Crippen molar-refractivity contribution in [1.82, 2.24) is 15.0 Å². The van der Waals surface area contributed by atoms with Gasteiger partial charge in [0.15, 0.2) is 0 Å². The van der Waals surface area contributed by atoms with Crippen molar-refractivity contribution >= 4 is 33.3 Å². The second-order valence-corrected chi connectivity index (χ2v) is 10.2. The number of benzene rings is 1. The van der Waals surface area contributed by atoms with Crippen LogP contribution in [0.4, 0.5) is 0 Å². The highest BCUT2D eigenvalue weighted by molar-refractivity contribution is 7.88. The topological polar surface area (TPSA) is 125 Å². The molecule has 0 bridgehead atoms. The molecule has 3 N–H and O–H groups in total. The Kier molecular flexibility index (Phi) is 8.16. The number of ketones is 1. The minimum atomic E-state index is -3.30. The van der Waals surface area contributed by atoms with Gasteiger partial charge in [-0.15, -0.1) is 0 Å². The summed E-state index contributed by atoms with van der Waals surface area (Å²) in [7, 11) is -3.30. The van der Waals surface area contributed by atoms with E-state index < -0.39 is 21.5 Å². The van der Waals surface area contributed by atoms with Crippen LogP contribution in [0.15, 0.2) is 36.5 Å². The summed E-state index contributed by atoms with van der Waals surface area (Å²) in [6.45, 7) is 3.74. The van der Waals surface area contributed by atoms with E-state index in [1.165, 1.54) is 24.4 Å². The van der Waals surface area contributed by atoms with Gasteiger partial charge in [-0.05, 0) is 56.2 Å². The number of carbonyl (C=O) groups excluding carboxylic acids is 2. The van der Waals surface area contributed by atoms with Crippen molar-refractivity contribution in [2.75, 3.05) is 12.8 Å². The lowest BCUT2D eigenvalue weighted by Gasteiger charge is -2.26. The molecular formula is C21H26ClN3O5S. The number of phenolic OH excluding ortho intramolecular Hbond substituents is 1. The van der Waals surface area contributed by atoms with E-state index in [4.69, 9.17) is 11.6 Å². The molecule has 0 saturated heterocycles. The van der Waals surface area contributed by atoms with Gasteiger partial charge >= 0.3 is 0 Å². The van der Waals surface area contributed by atoms with Crippen molar-refractivity contribution in [3.8, 4) is 5.75 Å². The molecule has 31 heavy (non-hydrogen) atoms. The lowest BCUT2D eigenvalue weighted by Crippen LogP contribution is -2.45. The highest BCUT2D eigenvalue weighted by Crippen LogP contribution is 2.22. The van der Waals surface area contributed by atoms with E-state index in [0.717, 1.165) is 6.26 Å².